The Balaban J connectivity index is 2.16. The molecule has 1 aromatic rings. The van der Waals surface area contributed by atoms with Crippen LogP contribution in [-0.4, -0.2) is 25.9 Å². The van der Waals surface area contributed by atoms with E-state index in [0.717, 1.165) is 11.1 Å². The molecule has 1 aliphatic heterocycles. The maximum Gasteiger partial charge on any atom is 0.339 e. The van der Waals surface area contributed by atoms with Gasteiger partial charge < -0.3 is 4.74 Å². The average molecular weight is 314 g/mol. The van der Waals surface area contributed by atoms with Gasteiger partial charge in [-0.2, -0.15) is 8.42 Å². The van der Waals surface area contributed by atoms with Crippen molar-refractivity contribution >= 4 is 26.7 Å². The van der Waals surface area contributed by atoms with Crippen molar-refractivity contribution in [2.75, 3.05) is 6.61 Å². The lowest BCUT2D eigenvalue weighted by atomic mass is 9.90. The summed E-state index contributed by atoms with van der Waals surface area (Å²) in [4.78, 5) is 12.4. The van der Waals surface area contributed by atoms with Crippen molar-refractivity contribution in [1.29, 1.82) is 0 Å². The fraction of sp³-hybridized carbons (Fsp3) is 0.176. The molecule has 1 atom stereocenters. The van der Waals surface area contributed by atoms with Gasteiger partial charge in [0.25, 0.3) is 0 Å². The highest BCUT2D eigenvalue weighted by molar-refractivity contribution is 7.73. The lowest BCUT2D eigenvalue weighted by Crippen LogP contribution is -2.12. The summed E-state index contributed by atoms with van der Waals surface area (Å²) in [6.07, 6.45) is 5.29. The third-order valence-corrected chi connectivity index (χ3v) is 4.64. The van der Waals surface area contributed by atoms with Crippen LogP contribution in [0.15, 0.2) is 59.7 Å². The lowest BCUT2D eigenvalue weighted by Gasteiger charge is -2.13. The largest absolute Gasteiger partial charge is 0.457 e. The molecule has 1 aliphatic carbocycles. The van der Waals surface area contributed by atoms with Gasteiger partial charge in [-0.25, -0.2) is 4.79 Å². The van der Waals surface area contributed by atoms with Crippen molar-refractivity contribution in [3.63, 3.8) is 0 Å². The van der Waals surface area contributed by atoms with Crippen LogP contribution in [0.5, 0.6) is 0 Å². The lowest BCUT2D eigenvalue weighted by molar-refractivity contribution is -0.134. The Morgan fingerprint density at radius 3 is 2.59 bits per heavy atom. The van der Waals surface area contributed by atoms with E-state index in [9.17, 15) is 13.2 Å². The molecule has 0 saturated carbocycles. The minimum Gasteiger partial charge on any atom is -0.457 e. The number of cyclic esters (lactones) is 1. The van der Waals surface area contributed by atoms with Gasteiger partial charge in [-0.1, -0.05) is 49.4 Å². The number of allylic oxidation sites excluding steroid dienone is 3. The van der Waals surface area contributed by atoms with E-state index >= 15 is 0 Å². The number of carbonyl (C=O) groups excluding carboxylic acids is 1. The summed E-state index contributed by atoms with van der Waals surface area (Å²) in [6, 6.07) is 9.26. The molecule has 0 spiro atoms. The molecule has 0 amide bonds. The monoisotopic (exact) mass is 314 g/mol. The molecule has 0 bridgehead atoms. The molecular weight excluding hydrogens is 300 g/mol. The molecule has 112 valence electrons. The molecular formula is C17H14O4S. The van der Waals surface area contributed by atoms with Crippen LogP contribution in [0.3, 0.4) is 0 Å². The van der Waals surface area contributed by atoms with Crippen LogP contribution in [0.1, 0.15) is 12.5 Å². The van der Waals surface area contributed by atoms with E-state index in [1.54, 1.807) is 6.08 Å². The Bertz CT molecular complexity index is 847. The van der Waals surface area contributed by atoms with E-state index in [4.69, 9.17) is 4.74 Å². The van der Waals surface area contributed by atoms with Crippen molar-refractivity contribution in [3.05, 3.63) is 65.3 Å². The zero-order valence-electron chi connectivity index (χ0n) is 11.9. The SMILES string of the molecule is CC1C=CC(C2=C(c3ccccc3)C(=O)OC2)=CC1=S(=O)=O. The number of hydrogen-bond acceptors (Lipinski definition) is 4. The first-order valence-corrected chi connectivity index (χ1v) is 7.97. The average Bonchev–Trinajstić information content (AvgIpc) is 2.90. The van der Waals surface area contributed by atoms with E-state index in [1.165, 1.54) is 0 Å². The molecule has 0 radical (unpaired) electrons. The molecule has 0 N–H and O–H groups in total. The molecule has 1 unspecified atom stereocenters. The normalized spacial score (nSPS) is 21.0. The van der Waals surface area contributed by atoms with Crippen LogP contribution >= 0.6 is 0 Å². The third kappa shape index (κ3) is 2.55. The predicted octanol–water partition coefficient (Wildman–Crippen LogP) is 2.18. The fourth-order valence-electron chi connectivity index (χ4n) is 2.59. The highest BCUT2D eigenvalue weighted by Crippen LogP contribution is 2.32. The summed E-state index contributed by atoms with van der Waals surface area (Å²) in [5.41, 5.74) is 2.71. The summed E-state index contributed by atoms with van der Waals surface area (Å²) >= 11 is 0. The van der Waals surface area contributed by atoms with Gasteiger partial charge in [-0.15, -0.1) is 0 Å². The van der Waals surface area contributed by atoms with Gasteiger partial charge in [0.15, 0.2) is 0 Å². The first kappa shape index (κ1) is 14.5. The van der Waals surface area contributed by atoms with Gasteiger partial charge >= 0.3 is 5.97 Å². The number of hydrogen-bond donors (Lipinski definition) is 0. The van der Waals surface area contributed by atoms with Crippen LogP contribution in [0, 0.1) is 5.92 Å². The molecule has 1 heterocycles. The summed E-state index contributed by atoms with van der Waals surface area (Å²) < 4.78 is 27.8. The van der Waals surface area contributed by atoms with E-state index in [2.05, 4.69) is 0 Å². The van der Waals surface area contributed by atoms with Crippen molar-refractivity contribution < 1.29 is 17.9 Å². The Morgan fingerprint density at radius 2 is 1.91 bits per heavy atom. The zero-order valence-corrected chi connectivity index (χ0v) is 12.8. The van der Waals surface area contributed by atoms with Gasteiger partial charge in [0.1, 0.15) is 6.61 Å². The van der Waals surface area contributed by atoms with Crippen LogP contribution in [-0.2, 0) is 19.8 Å². The highest BCUT2D eigenvalue weighted by atomic mass is 32.2. The number of rotatable bonds is 2. The number of benzene rings is 1. The number of ether oxygens (including phenoxy) is 1. The Kier molecular flexibility index (Phi) is 3.81. The molecule has 2 aliphatic rings. The topological polar surface area (TPSA) is 60.4 Å². The first-order chi connectivity index (χ1) is 10.6. The maximum absolute atomic E-state index is 12.0. The quantitative estimate of drug-likeness (QED) is 0.620. The zero-order chi connectivity index (χ0) is 15.7. The molecule has 22 heavy (non-hydrogen) atoms. The van der Waals surface area contributed by atoms with Crippen LogP contribution in [0.2, 0.25) is 0 Å². The van der Waals surface area contributed by atoms with Crippen LogP contribution in [0.4, 0.5) is 0 Å². The molecule has 0 fully saturated rings. The fourth-order valence-corrected chi connectivity index (χ4v) is 3.20. The molecule has 3 rings (SSSR count). The summed E-state index contributed by atoms with van der Waals surface area (Å²) in [5.74, 6) is -0.542. The molecule has 4 nitrogen and oxygen atoms in total. The van der Waals surface area contributed by atoms with Gasteiger partial charge in [-0.3, -0.25) is 0 Å². The molecule has 0 saturated heterocycles. The van der Waals surface area contributed by atoms with Gasteiger partial charge in [0, 0.05) is 11.5 Å². The summed E-state index contributed by atoms with van der Waals surface area (Å²) in [6.45, 7) is 1.98. The van der Waals surface area contributed by atoms with Gasteiger partial charge in [0.2, 0.25) is 10.3 Å². The smallest absolute Gasteiger partial charge is 0.339 e. The minimum absolute atomic E-state index is 0.159. The highest BCUT2D eigenvalue weighted by Gasteiger charge is 2.28. The predicted molar refractivity (Wildman–Crippen MR) is 84.6 cm³/mol. The van der Waals surface area contributed by atoms with E-state index in [0.29, 0.717) is 16.0 Å². The Morgan fingerprint density at radius 1 is 1.18 bits per heavy atom. The van der Waals surface area contributed by atoms with Crippen molar-refractivity contribution in [2.45, 2.75) is 6.92 Å². The van der Waals surface area contributed by atoms with Crippen LogP contribution in [0.25, 0.3) is 5.57 Å². The Labute approximate surface area is 130 Å². The third-order valence-electron chi connectivity index (χ3n) is 3.77. The van der Waals surface area contributed by atoms with Crippen molar-refractivity contribution in [1.82, 2.24) is 0 Å². The number of carbonyl (C=O) groups is 1. The van der Waals surface area contributed by atoms with Crippen molar-refractivity contribution in [2.24, 2.45) is 5.92 Å². The van der Waals surface area contributed by atoms with Crippen LogP contribution < -0.4 is 0 Å². The maximum atomic E-state index is 12.0. The van der Waals surface area contributed by atoms with Gasteiger partial charge in [-0.05, 0) is 17.2 Å². The number of esters is 1. The van der Waals surface area contributed by atoms with E-state index < -0.39 is 10.3 Å². The Hall–Kier alpha value is -2.40. The van der Waals surface area contributed by atoms with E-state index in [-0.39, 0.29) is 18.5 Å². The second kappa shape index (κ2) is 5.77. The minimum atomic E-state index is -2.28. The second-order valence-electron chi connectivity index (χ2n) is 5.18. The second-order valence-corrected chi connectivity index (χ2v) is 6.12. The summed E-state index contributed by atoms with van der Waals surface area (Å²) in [5, 5.41) is 0. The standard InChI is InChI=1S/C17H14O4S/c1-11-7-8-13(9-15(11)22(19)20)14-10-21-17(18)16(14)12-5-3-2-4-6-12/h2-9,11H,10H2,1H3. The molecule has 5 heteroatoms. The first-order valence-electron chi connectivity index (χ1n) is 6.90. The molecule has 1 aromatic carbocycles. The van der Waals surface area contributed by atoms with Crippen molar-refractivity contribution in [3.8, 4) is 0 Å². The van der Waals surface area contributed by atoms with E-state index in [1.807, 2.05) is 49.4 Å². The molecule has 0 aromatic heterocycles. The summed E-state index contributed by atoms with van der Waals surface area (Å²) in [7, 11) is -2.28. The van der Waals surface area contributed by atoms with Gasteiger partial charge in [0.05, 0.1) is 10.4 Å².